The molecule has 0 saturated carbocycles. The molecule has 7 atom stereocenters. The summed E-state index contributed by atoms with van der Waals surface area (Å²) in [5.41, 5.74) is -3.04. The average molecular weight is 544 g/mol. The minimum atomic E-state index is -5.90. The topological polar surface area (TPSA) is 262 Å². The van der Waals surface area contributed by atoms with Gasteiger partial charge in [0.1, 0.15) is 6.61 Å². The predicted octanol–water partition coefficient (Wildman–Crippen LogP) is -1.76. The molecule has 17 nitrogen and oxygen atoms in total. The van der Waals surface area contributed by atoms with Gasteiger partial charge in [0.25, 0.3) is 5.85 Å². The Balaban J connectivity index is 2.26. The monoisotopic (exact) mass is 544 g/mol. The largest absolute Gasteiger partial charge is 0.490 e. The van der Waals surface area contributed by atoms with Gasteiger partial charge < -0.3 is 49.8 Å². The third-order valence-electron chi connectivity index (χ3n) is 4.26. The molecule has 0 bridgehead atoms. The van der Waals surface area contributed by atoms with E-state index in [1.807, 2.05) is 5.32 Å². The zero-order valence-electron chi connectivity index (χ0n) is 16.4. The van der Waals surface area contributed by atoms with Gasteiger partial charge >= 0.3 is 23.5 Å². The van der Waals surface area contributed by atoms with Crippen LogP contribution in [0.15, 0.2) is 24.4 Å². The first-order chi connectivity index (χ1) is 14.7. The first kappa shape index (κ1) is 28.2. The number of nitrogens with zero attached hydrogens (tertiary/aromatic N) is 1. The summed E-state index contributed by atoms with van der Waals surface area (Å²) in [4.78, 5) is 47.5. The second-order valence-corrected chi connectivity index (χ2v) is 11.2. The fourth-order valence-electron chi connectivity index (χ4n) is 2.81. The van der Waals surface area contributed by atoms with E-state index >= 15 is 4.39 Å². The van der Waals surface area contributed by atoms with Crippen molar-refractivity contribution in [2.75, 3.05) is 6.61 Å². The molecule has 33 heavy (non-hydrogen) atoms. The van der Waals surface area contributed by atoms with Crippen molar-refractivity contribution in [3.63, 3.8) is 0 Å². The Morgan fingerprint density at radius 3 is 2.30 bits per heavy atom. The zero-order chi connectivity index (χ0) is 25.6. The maximum Gasteiger partial charge on any atom is 0.490 e. The van der Waals surface area contributed by atoms with Crippen LogP contribution in [0.1, 0.15) is 6.92 Å². The number of phosphoric acid groups is 3. The minimum Gasteiger partial charge on any atom is -0.383 e. The van der Waals surface area contributed by atoms with Crippen LogP contribution in [0.5, 0.6) is 0 Å². The number of alkyl halides is 1. The Morgan fingerprint density at radius 2 is 1.82 bits per heavy atom. The summed E-state index contributed by atoms with van der Waals surface area (Å²) >= 11 is 0. The molecule has 1 saturated heterocycles. The summed E-state index contributed by atoms with van der Waals surface area (Å²) in [6.07, 6.45) is -4.79. The van der Waals surface area contributed by atoms with Crippen molar-refractivity contribution < 1.29 is 75.7 Å². The van der Waals surface area contributed by atoms with Crippen molar-refractivity contribution in [2.45, 2.75) is 37.1 Å². The Morgan fingerprint density at radius 1 is 1.24 bits per heavy atom. The number of carbonyl (C=O) groups excluding carboxylic acids is 1. The van der Waals surface area contributed by atoms with Crippen LogP contribution in [0.25, 0.3) is 0 Å². The number of ether oxygens (including phenoxy) is 1. The lowest BCUT2D eigenvalue weighted by atomic mass is 9.86. The smallest absolute Gasteiger partial charge is 0.383 e. The highest BCUT2D eigenvalue weighted by Gasteiger charge is 2.67. The maximum atomic E-state index is 15.4. The molecule has 21 heteroatoms. The molecular formula is C12H20FN2O15P3. The van der Waals surface area contributed by atoms with E-state index in [2.05, 4.69) is 19.7 Å². The molecule has 0 aromatic rings. The molecule has 0 radical (unpaired) electrons. The molecular weight excluding hydrogens is 524 g/mol. The van der Waals surface area contributed by atoms with Gasteiger partial charge in [0.2, 0.25) is 12.3 Å². The van der Waals surface area contributed by atoms with Crippen LogP contribution in [-0.2, 0) is 36.4 Å². The van der Waals surface area contributed by atoms with Gasteiger partial charge in [-0.2, -0.15) is 8.62 Å². The van der Waals surface area contributed by atoms with E-state index in [1.165, 1.54) is 0 Å². The van der Waals surface area contributed by atoms with Gasteiger partial charge in [0.15, 0.2) is 17.9 Å². The zero-order valence-corrected chi connectivity index (χ0v) is 19.0. The highest BCUT2D eigenvalue weighted by atomic mass is 31.3. The van der Waals surface area contributed by atoms with Crippen molar-refractivity contribution >= 4 is 29.4 Å². The number of hydrogen-bond donors (Lipinski definition) is 8. The van der Waals surface area contributed by atoms with Crippen molar-refractivity contribution in [3.8, 4) is 0 Å². The van der Waals surface area contributed by atoms with E-state index in [0.717, 1.165) is 19.2 Å². The lowest BCUT2D eigenvalue weighted by Crippen LogP contribution is -2.61. The molecule has 0 aromatic carbocycles. The fraction of sp³-hybridized carbons (Fsp3) is 0.583. The number of amides is 1. The number of rotatable bonds is 9. The molecule has 2 rings (SSSR count). The lowest BCUT2D eigenvalue weighted by Gasteiger charge is -2.40. The van der Waals surface area contributed by atoms with Gasteiger partial charge in [-0.25, -0.2) is 18.1 Å². The third kappa shape index (κ3) is 6.33. The highest BCUT2D eigenvalue weighted by Crippen LogP contribution is 2.66. The van der Waals surface area contributed by atoms with Crippen LogP contribution in [0.4, 0.5) is 4.39 Å². The van der Waals surface area contributed by atoms with Crippen LogP contribution >= 0.6 is 23.5 Å². The van der Waals surface area contributed by atoms with Gasteiger partial charge in [0, 0.05) is 12.3 Å². The van der Waals surface area contributed by atoms with Gasteiger partial charge in [-0.05, 0) is 12.5 Å². The predicted molar refractivity (Wildman–Crippen MR) is 99.4 cm³/mol. The van der Waals surface area contributed by atoms with Crippen LogP contribution < -0.4 is 5.32 Å². The van der Waals surface area contributed by atoms with E-state index in [1.54, 1.807) is 0 Å². The van der Waals surface area contributed by atoms with Crippen molar-refractivity contribution in [3.05, 3.63) is 24.4 Å². The molecule has 1 fully saturated rings. The summed E-state index contributed by atoms with van der Waals surface area (Å²) < 4.78 is 65.2. The molecule has 0 aliphatic carbocycles. The number of hydrogen-bond acceptors (Lipinski definition) is 12. The van der Waals surface area contributed by atoms with E-state index in [-0.39, 0.29) is 5.57 Å². The number of carbonyl (C=O) groups is 1. The molecule has 0 aromatic heterocycles. The third-order valence-corrected chi connectivity index (χ3v) is 8.04. The highest BCUT2D eigenvalue weighted by molar-refractivity contribution is 7.66. The SMILES string of the molecule is C=C(C)[C@]1(O)[C@H](N2C=CC(=O)NC2O)O[C@](F)(COP(=O)(O)OP(=O)(O)OP(=O)(O)O)[C@H]1O. The van der Waals surface area contributed by atoms with Crippen molar-refractivity contribution in [2.24, 2.45) is 0 Å². The second-order valence-electron chi connectivity index (χ2n) is 6.77. The quantitative estimate of drug-likeness (QED) is 0.118. The van der Waals surface area contributed by atoms with Gasteiger partial charge in [0.05, 0.1) is 0 Å². The van der Waals surface area contributed by atoms with Crippen molar-refractivity contribution in [1.82, 2.24) is 10.2 Å². The van der Waals surface area contributed by atoms with E-state index in [9.17, 15) is 38.7 Å². The van der Waals surface area contributed by atoms with E-state index in [0.29, 0.717) is 4.90 Å². The summed E-state index contributed by atoms with van der Waals surface area (Å²) in [5.74, 6) is -4.34. The molecule has 3 unspecified atom stereocenters. The van der Waals surface area contributed by atoms with Gasteiger partial charge in [-0.15, -0.1) is 0 Å². The van der Waals surface area contributed by atoms with Crippen LogP contribution in [0, 0.1) is 0 Å². The summed E-state index contributed by atoms with van der Waals surface area (Å²) in [7, 11) is -17.4. The Hall–Kier alpha value is -1.07. The van der Waals surface area contributed by atoms with Crippen LogP contribution in [0.3, 0.4) is 0 Å². The summed E-state index contributed by atoms with van der Waals surface area (Å²) in [6, 6.07) is 0. The normalized spacial score (nSPS) is 36.2. The molecule has 2 heterocycles. The molecule has 8 N–H and O–H groups in total. The van der Waals surface area contributed by atoms with Crippen LogP contribution in [-0.4, -0.2) is 82.4 Å². The fourth-order valence-corrected chi connectivity index (χ4v) is 5.85. The number of halogens is 1. The van der Waals surface area contributed by atoms with Crippen molar-refractivity contribution in [1.29, 1.82) is 0 Å². The Bertz CT molecular complexity index is 987. The number of aliphatic hydroxyl groups is 3. The maximum absolute atomic E-state index is 15.4. The lowest BCUT2D eigenvalue weighted by molar-refractivity contribution is -0.226. The second kappa shape index (κ2) is 9.18. The molecule has 190 valence electrons. The first-order valence-corrected chi connectivity index (χ1v) is 12.9. The summed E-state index contributed by atoms with van der Waals surface area (Å²) in [6.45, 7) is 2.75. The molecule has 1 amide bonds. The summed E-state index contributed by atoms with van der Waals surface area (Å²) in [5, 5.41) is 33.3. The number of phosphoric ester groups is 1. The minimum absolute atomic E-state index is 0.324. The average Bonchev–Trinajstić information content (AvgIpc) is 2.80. The Kier molecular flexibility index (Phi) is 7.84. The molecule has 0 spiro atoms. The van der Waals surface area contributed by atoms with Gasteiger partial charge in [-0.1, -0.05) is 6.58 Å². The van der Waals surface area contributed by atoms with Crippen LogP contribution in [0.2, 0.25) is 0 Å². The molecule has 2 aliphatic rings. The van der Waals surface area contributed by atoms with Gasteiger partial charge in [-0.3, -0.25) is 9.32 Å². The number of nitrogens with one attached hydrogen (secondary N) is 1. The standard InChI is InChI=1S/C12H20FN2O15P3/c1-6(2)12(19)8(17)11(13,28-9(12)15-4-3-7(16)14-10(15)18)5-27-32(23,24)30-33(25,26)29-31(20,21)22/h3-4,8-10,17-19H,1,5H2,2H3,(H,14,16)(H,23,24)(H,25,26)(H2,20,21,22)/t8-,9-,10?,11-,12-/m1/s1. The number of aliphatic hydroxyl groups excluding tert-OH is 2. The van der Waals surface area contributed by atoms with E-state index < -0.39 is 66.1 Å². The first-order valence-electron chi connectivity index (χ1n) is 8.38. The molecule has 2 aliphatic heterocycles. The Labute approximate surface area is 184 Å². The van der Waals surface area contributed by atoms with E-state index in [4.69, 9.17) is 19.4 Å².